The molecule has 1 aliphatic rings. The second-order valence-electron chi connectivity index (χ2n) is 4.55. The van der Waals surface area contributed by atoms with Crippen molar-refractivity contribution in [3.63, 3.8) is 0 Å². The lowest BCUT2D eigenvalue weighted by atomic mass is 10.2. The molecule has 0 unspecified atom stereocenters. The SMILES string of the molecule is O=C(O)c1ccc(S(=O)(=O)N[C@@H]2CCS(=O)(=O)C2)cc1. The van der Waals surface area contributed by atoms with Crippen LogP contribution in [0.4, 0.5) is 0 Å². The molecule has 0 bridgehead atoms. The number of benzene rings is 1. The summed E-state index contributed by atoms with van der Waals surface area (Å²) in [4.78, 5) is 10.6. The summed E-state index contributed by atoms with van der Waals surface area (Å²) in [5, 5.41) is 8.73. The first-order valence-corrected chi connectivity index (χ1v) is 9.06. The highest BCUT2D eigenvalue weighted by atomic mass is 32.2. The molecule has 2 rings (SSSR count). The molecular weight excluding hydrogens is 306 g/mol. The van der Waals surface area contributed by atoms with Crippen LogP contribution in [-0.2, 0) is 19.9 Å². The van der Waals surface area contributed by atoms with Crippen molar-refractivity contribution in [1.82, 2.24) is 4.72 Å². The van der Waals surface area contributed by atoms with E-state index in [-0.39, 0.29) is 28.4 Å². The third-order valence-corrected chi connectivity index (χ3v) is 6.27. The van der Waals surface area contributed by atoms with Crippen molar-refractivity contribution in [1.29, 1.82) is 0 Å². The molecule has 0 aliphatic carbocycles. The van der Waals surface area contributed by atoms with Crippen molar-refractivity contribution in [2.24, 2.45) is 0 Å². The minimum absolute atomic E-state index is 0.0209. The monoisotopic (exact) mass is 319 g/mol. The molecule has 1 heterocycles. The molecule has 7 nitrogen and oxygen atoms in total. The number of sulfonamides is 1. The first-order chi connectivity index (χ1) is 9.20. The topological polar surface area (TPSA) is 118 Å². The van der Waals surface area contributed by atoms with Crippen LogP contribution in [-0.4, -0.2) is 45.5 Å². The fourth-order valence-corrected chi connectivity index (χ4v) is 5.00. The predicted octanol–water partition coefficient (Wildman–Crippen LogP) is -0.150. The van der Waals surface area contributed by atoms with Crippen LogP contribution >= 0.6 is 0 Å². The maximum atomic E-state index is 12.0. The van der Waals surface area contributed by atoms with Gasteiger partial charge in [-0.25, -0.2) is 26.4 Å². The fraction of sp³-hybridized carbons (Fsp3) is 0.364. The summed E-state index contributed by atoms with van der Waals surface area (Å²) in [6.07, 6.45) is 0.245. The zero-order valence-corrected chi connectivity index (χ0v) is 11.9. The van der Waals surface area contributed by atoms with E-state index in [4.69, 9.17) is 5.11 Å². The molecular formula is C11H13NO6S2. The van der Waals surface area contributed by atoms with Gasteiger partial charge in [-0.2, -0.15) is 0 Å². The Balaban J connectivity index is 2.16. The molecule has 1 atom stereocenters. The van der Waals surface area contributed by atoms with Gasteiger partial charge in [0.15, 0.2) is 9.84 Å². The smallest absolute Gasteiger partial charge is 0.335 e. The van der Waals surface area contributed by atoms with Crippen LogP contribution in [0.3, 0.4) is 0 Å². The van der Waals surface area contributed by atoms with Crippen LogP contribution in [0, 0.1) is 0 Å². The Morgan fingerprint density at radius 3 is 2.30 bits per heavy atom. The molecule has 0 amide bonds. The summed E-state index contributed by atoms with van der Waals surface area (Å²) in [6, 6.07) is 4.08. The number of carboxylic acid groups (broad SMARTS) is 1. The Bertz CT molecular complexity index is 721. The first kappa shape index (κ1) is 14.9. The molecule has 1 aromatic rings. The summed E-state index contributed by atoms with van der Waals surface area (Å²) in [6.45, 7) is 0. The van der Waals surface area contributed by atoms with Gasteiger partial charge in [0.1, 0.15) is 0 Å². The third-order valence-electron chi connectivity index (χ3n) is 2.97. The van der Waals surface area contributed by atoms with Crippen LogP contribution in [0.25, 0.3) is 0 Å². The minimum Gasteiger partial charge on any atom is -0.478 e. The molecule has 0 aromatic heterocycles. The molecule has 2 N–H and O–H groups in total. The molecule has 0 radical (unpaired) electrons. The molecule has 1 aromatic carbocycles. The van der Waals surface area contributed by atoms with E-state index >= 15 is 0 Å². The normalized spacial score (nSPS) is 21.7. The van der Waals surface area contributed by atoms with Crippen LogP contribution in [0.2, 0.25) is 0 Å². The lowest BCUT2D eigenvalue weighted by molar-refractivity contribution is 0.0696. The second-order valence-corrected chi connectivity index (χ2v) is 8.49. The van der Waals surface area contributed by atoms with Crippen LogP contribution < -0.4 is 4.72 Å². The molecule has 9 heteroatoms. The lowest BCUT2D eigenvalue weighted by Gasteiger charge is -2.11. The van der Waals surface area contributed by atoms with Gasteiger partial charge in [-0.1, -0.05) is 0 Å². The number of hydrogen-bond acceptors (Lipinski definition) is 5. The molecule has 0 spiro atoms. The predicted molar refractivity (Wildman–Crippen MR) is 70.8 cm³/mol. The largest absolute Gasteiger partial charge is 0.478 e. The Kier molecular flexibility index (Phi) is 3.85. The van der Waals surface area contributed by atoms with Gasteiger partial charge in [0.25, 0.3) is 0 Å². The van der Waals surface area contributed by atoms with Gasteiger partial charge in [0, 0.05) is 6.04 Å². The summed E-state index contributed by atoms with van der Waals surface area (Å²) in [5.74, 6) is -1.39. The zero-order valence-electron chi connectivity index (χ0n) is 10.3. The van der Waals surface area contributed by atoms with Gasteiger partial charge in [-0.15, -0.1) is 0 Å². The molecule has 1 aliphatic heterocycles. The van der Waals surface area contributed by atoms with E-state index in [0.717, 1.165) is 0 Å². The van der Waals surface area contributed by atoms with Crippen molar-refractivity contribution in [2.75, 3.05) is 11.5 Å². The van der Waals surface area contributed by atoms with Crippen LogP contribution in [0.15, 0.2) is 29.2 Å². The van der Waals surface area contributed by atoms with Gasteiger partial charge in [0.2, 0.25) is 10.0 Å². The van der Waals surface area contributed by atoms with Crippen molar-refractivity contribution >= 4 is 25.8 Å². The highest BCUT2D eigenvalue weighted by molar-refractivity contribution is 7.92. The molecule has 0 saturated carbocycles. The average Bonchev–Trinajstić information content (AvgIpc) is 2.68. The molecule has 110 valence electrons. The number of nitrogens with one attached hydrogen (secondary N) is 1. The van der Waals surface area contributed by atoms with Gasteiger partial charge in [0.05, 0.1) is 22.0 Å². The quantitative estimate of drug-likeness (QED) is 0.797. The van der Waals surface area contributed by atoms with Crippen LogP contribution in [0.5, 0.6) is 0 Å². The number of hydrogen-bond donors (Lipinski definition) is 2. The van der Waals surface area contributed by atoms with Crippen molar-refractivity contribution in [2.45, 2.75) is 17.4 Å². The van der Waals surface area contributed by atoms with Crippen molar-refractivity contribution in [3.05, 3.63) is 29.8 Å². The summed E-state index contributed by atoms with van der Waals surface area (Å²) in [5.41, 5.74) is -0.0209. The van der Waals surface area contributed by atoms with E-state index < -0.39 is 31.9 Å². The summed E-state index contributed by atoms with van der Waals surface area (Å²) < 4.78 is 48.9. The summed E-state index contributed by atoms with van der Waals surface area (Å²) >= 11 is 0. The van der Waals surface area contributed by atoms with E-state index in [9.17, 15) is 21.6 Å². The minimum atomic E-state index is -3.84. The van der Waals surface area contributed by atoms with E-state index in [1.165, 1.54) is 24.3 Å². The maximum absolute atomic E-state index is 12.0. The Morgan fingerprint density at radius 1 is 1.25 bits per heavy atom. The zero-order chi connectivity index (χ0) is 15.0. The molecule has 1 fully saturated rings. The van der Waals surface area contributed by atoms with E-state index in [1.54, 1.807) is 0 Å². The third kappa shape index (κ3) is 3.35. The summed E-state index contributed by atoms with van der Waals surface area (Å²) in [7, 11) is -7.02. The number of carbonyl (C=O) groups is 1. The fourth-order valence-electron chi connectivity index (χ4n) is 1.95. The van der Waals surface area contributed by atoms with Crippen molar-refractivity contribution < 1.29 is 26.7 Å². The van der Waals surface area contributed by atoms with Gasteiger partial charge < -0.3 is 5.11 Å². The van der Waals surface area contributed by atoms with Crippen molar-refractivity contribution in [3.8, 4) is 0 Å². The molecule has 20 heavy (non-hydrogen) atoms. The number of rotatable bonds is 4. The Morgan fingerprint density at radius 2 is 1.85 bits per heavy atom. The van der Waals surface area contributed by atoms with E-state index in [1.807, 2.05) is 0 Å². The maximum Gasteiger partial charge on any atom is 0.335 e. The Hall–Kier alpha value is -1.45. The van der Waals surface area contributed by atoms with Gasteiger partial charge in [-0.3, -0.25) is 0 Å². The molecule has 1 saturated heterocycles. The highest BCUT2D eigenvalue weighted by Gasteiger charge is 2.31. The highest BCUT2D eigenvalue weighted by Crippen LogP contribution is 2.16. The standard InChI is InChI=1S/C11H13NO6S2/c13-11(14)8-1-3-10(4-2-8)20(17,18)12-9-5-6-19(15,16)7-9/h1-4,9,12H,5-7H2,(H,13,14)/t9-/m1/s1. The number of sulfone groups is 1. The van der Waals surface area contributed by atoms with Gasteiger partial charge >= 0.3 is 5.97 Å². The van der Waals surface area contributed by atoms with Gasteiger partial charge in [-0.05, 0) is 30.7 Å². The lowest BCUT2D eigenvalue weighted by Crippen LogP contribution is -2.35. The number of carboxylic acids is 1. The number of aromatic carboxylic acids is 1. The van der Waals surface area contributed by atoms with Crippen LogP contribution in [0.1, 0.15) is 16.8 Å². The Labute approximate surface area is 116 Å². The second kappa shape index (κ2) is 5.15. The first-order valence-electron chi connectivity index (χ1n) is 5.76. The average molecular weight is 319 g/mol. The van der Waals surface area contributed by atoms with E-state index in [0.29, 0.717) is 0 Å². The van der Waals surface area contributed by atoms with E-state index in [2.05, 4.69) is 4.72 Å².